The van der Waals surface area contributed by atoms with Gasteiger partial charge in [0.25, 0.3) is 5.91 Å². The van der Waals surface area contributed by atoms with E-state index in [4.69, 9.17) is 9.72 Å². The van der Waals surface area contributed by atoms with Gasteiger partial charge < -0.3 is 15.0 Å². The predicted octanol–water partition coefficient (Wildman–Crippen LogP) is 3.45. The maximum Gasteiger partial charge on any atom is 0.263 e. The fourth-order valence-corrected chi connectivity index (χ4v) is 5.14. The molecule has 156 valence electrons. The third-order valence-corrected chi connectivity index (χ3v) is 6.66. The van der Waals surface area contributed by atoms with Crippen molar-refractivity contribution in [2.24, 2.45) is 0 Å². The lowest BCUT2D eigenvalue weighted by Crippen LogP contribution is -2.48. The maximum atomic E-state index is 12.6. The summed E-state index contributed by atoms with van der Waals surface area (Å²) in [7, 11) is 0. The molecule has 0 unspecified atom stereocenters. The van der Waals surface area contributed by atoms with Gasteiger partial charge in [0.05, 0.1) is 23.6 Å². The Labute approximate surface area is 182 Å². The Kier molecular flexibility index (Phi) is 3.85. The summed E-state index contributed by atoms with van der Waals surface area (Å²) in [5.41, 5.74) is 3.32. The first-order chi connectivity index (χ1) is 15.0. The number of anilines is 2. The van der Waals surface area contributed by atoms with Gasteiger partial charge >= 0.3 is 0 Å². The summed E-state index contributed by atoms with van der Waals surface area (Å²) in [5, 5.41) is 3.88. The largest absolute Gasteiger partial charge is 0.490 e. The van der Waals surface area contributed by atoms with Gasteiger partial charge in [0, 0.05) is 36.1 Å². The molecule has 9 heteroatoms. The molecule has 4 aromatic rings. The Morgan fingerprint density at radius 2 is 2.16 bits per heavy atom. The van der Waals surface area contributed by atoms with Crippen LogP contribution in [0.2, 0.25) is 0 Å². The van der Waals surface area contributed by atoms with E-state index >= 15 is 0 Å². The Morgan fingerprint density at radius 1 is 1.26 bits per heavy atom. The van der Waals surface area contributed by atoms with Crippen LogP contribution in [0.4, 0.5) is 10.8 Å². The lowest BCUT2D eigenvalue weighted by Gasteiger charge is -2.29. The van der Waals surface area contributed by atoms with Crippen LogP contribution in [0.25, 0.3) is 17.0 Å². The van der Waals surface area contributed by atoms with Crippen LogP contribution < -0.4 is 15.0 Å². The number of hydrogen-bond acceptors (Lipinski definition) is 7. The van der Waals surface area contributed by atoms with Gasteiger partial charge in [0.2, 0.25) is 5.78 Å². The second-order valence-corrected chi connectivity index (χ2v) is 9.40. The van der Waals surface area contributed by atoms with Crippen molar-refractivity contribution < 1.29 is 9.53 Å². The van der Waals surface area contributed by atoms with E-state index in [0.717, 1.165) is 39.9 Å². The van der Waals surface area contributed by atoms with Gasteiger partial charge in [-0.25, -0.2) is 15.0 Å². The van der Waals surface area contributed by atoms with Crippen molar-refractivity contribution in [2.75, 3.05) is 18.1 Å². The van der Waals surface area contributed by atoms with Crippen LogP contribution in [0.3, 0.4) is 0 Å². The average molecular weight is 433 g/mol. The van der Waals surface area contributed by atoms with Crippen LogP contribution in [0.1, 0.15) is 29.2 Å². The lowest BCUT2D eigenvalue weighted by molar-refractivity contribution is 0.0901. The highest BCUT2D eigenvalue weighted by Crippen LogP contribution is 2.42. The summed E-state index contributed by atoms with van der Waals surface area (Å²) in [6.45, 7) is 5.27. The summed E-state index contributed by atoms with van der Waals surface area (Å²) in [4.78, 5) is 29.2. The van der Waals surface area contributed by atoms with Crippen molar-refractivity contribution in [1.82, 2.24) is 24.7 Å². The van der Waals surface area contributed by atoms with E-state index in [-0.39, 0.29) is 11.4 Å². The Morgan fingerprint density at radius 3 is 3.03 bits per heavy atom. The Balaban J connectivity index is 1.42. The van der Waals surface area contributed by atoms with Crippen LogP contribution >= 0.6 is 11.3 Å². The zero-order chi connectivity index (χ0) is 21.2. The SMILES string of the molecule is CC1(C)Cc2nc(N3CCOc4ccc(-c5cn6cccnc6n5)cc43)sc2C(=O)N1. The van der Waals surface area contributed by atoms with Crippen molar-refractivity contribution in [3.05, 3.63) is 53.4 Å². The molecule has 0 fully saturated rings. The van der Waals surface area contributed by atoms with E-state index in [1.54, 1.807) is 6.20 Å². The van der Waals surface area contributed by atoms with E-state index in [1.165, 1.54) is 11.3 Å². The van der Waals surface area contributed by atoms with E-state index in [0.29, 0.717) is 23.8 Å². The van der Waals surface area contributed by atoms with E-state index in [2.05, 4.69) is 26.3 Å². The second kappa shape index (κ2) is 6.52. The molecule has 0 aliphatic carbocycles. The summed E-state index contributed by atoms with van der Waals surface area (Å²) in [6, 6.07) is 7.92. The first kappa shape index (κ1) is 18.3. The molecule has 1 aromatic carbocycles. The minimum absolute atomic E-state index is 0.0468. The molecule has 8 nitrogen and oxygen atoms in total. The van der Waals surface area contributed by atoms with Crippen molar-refractivity contribution in [3.8, 4) is 17.0 Å². The summed E-state index contributed by atoms with van der Waals surface area (Å²) >= 11 is 1.44. The normalized spacial score (nSPS) is 17.1. The standard InChI is InChI=1S/C22H20N6O2S/c1-22(2)11-14-18(19(29)26-22)31-21(25-14)28-8-9-30-17-5-4-13(10-16(17)28)15-12-27-7-3-6-23-20(27)24-15/h3-7,10,12H,8-9,11H2,1-2H3,(H,26,29). The number of hydrogen-bond donors (Lipinski definition) is 1. The minimum Gasteiger partial charge on any atom is -0.490 e. The molecule has 3 aromatic heterocycles. The fraction of sp³-hybridized carbons (Fsp3) is 0.273. The number of carbonyl (C=O) groups is 1. The van der Waals surface area contributed by atoms with E-state index in [1.807, 2.05) is 48.8 Å². The Hall–Kier alpha value is -3.46. The van der Waals surface area contributed by atoms with Gasteiger partial charge in [-0.1, -0.05) is 11.3 Å². The molecule has 0 bridgehead atoms. The molecule has 5 heterocycles. The molecule has 0 radical (unpaired) electrons. The molecular weight excluding hydrogens is 412 g/mol. The number of thiazole rings is 1. The van der Waals surface area contributed by atoms with Crippen molar-refractivity contribution in [1.29, 1.82) is 0 Å². The number of fused-ring (bicyclic) bond motifs is 3. The van der Waals surface area contributed by atoms with Crippen LogP contribution in [-0.2, 0) is 6.42 Å². The molecule has 0 saturated carbocycles. The van der Waals surface area contributed by atoms with Gasteiger partial charge in [-0.3, -0.25) is 9.20 Å². The van der Waals surface area contributed by atoms with Crippen LogP contribution in [0.5, 0.6) is 5.75 Å². The van der Waals surface area contributed by atoms with Crippen LogP contribution in [0, 0.1) is 0 Å². The zero-order valence-corrected chi connectivity index (χ0v) is 17.9. The highest BCUT2D eigenvalue weighted by Gasteiger charge is 2.34. The number of carbonyl (C=O) groups excluding carboxylic acids is 1. The van der Waals surface area contributed by atoms with Crippen molar-refractivity contribution >= 4 is 33.8 Å². The molecule has 31 heavy (non-hydrogen) atoms. The molecule has 1 N–H and O–H groups in total. The fourth-order valence-electron chi connectivity index (χ4n) is 4.12. The van der Waals surface area contributed by atoms with Gasteiger partial charge in [-0.2, -0.15) is 0 Å². The predicted molar refractivity (Wildman–Crippen MR) is 118 cm³/mol. The summed E-state index contributed by atoms with van der Waals surface area (Å²) in [5.74, 6) is 1.41. The summed E-state index contributed by atoms with van der Waals surface area (Å²) < 4.78 is 7.80. The van der Waals surface area contributed by atoms with Crippen LogP contribution in [0.15, 0.2) is 42.9 Å². The number of aromatic nitrogens is 4. The lowest BCUT2D eigenvalue weighted by atomic mass is 9.94. The smallest absolute Gasteiger partial charge is 0.263 e. The first-order valence-electron chi connectivity index (χ1n) is 10.1. The van der Waals surface area contributed by atoms with Crippen molar-refractivity contribution in [2.45, 2.75) is 25.8 Å². The van der Waals surface area contributed by atoms with E-state index in [9.17, 15) is 4.79 Å². The molecule has 0 atom stereocenters. The third kappa shape index (κ3) is 3.04. The first-order valence-corrected chi connectivity index (χ1v) is 11.0. The highest BCUT2D eigenvalue weighted by molar-refractivity contribution is 7.17. The average Bonchev–Trinajstić information content (AvgIpc) is 3.36. The Bertz CT molecular complexity index is 1310. The summed E-state index contributed by atoms with van der Waals surface area (Å²) in [6.07, 6.45) is 6.35. The number of amides is 1. The minimum atomic E-state index is -0.289. The number of nitrogens with zero attached hydrogens (tertiary/aromatic N) is 5. The maximum absolute atomic E-state index is 12.6. The van der Waals surface area contributed by atoms with Gasteiger partial charge in [-0.05, 0) is 38.1 Å². The van der Waals surface area contributed by atoms with Gasteiger partial charge in [0.15, 0.2) is 5.13 Å². The topological polar surface area (TPSA) is 84.7 Å². The molecule has 0 saturated heterocycles. The number of nitrogens with one attached hydrogen (secondary N) is 1. The monoisotopic (exact) mass is 432 g/mol. The zero-order valence-electron chi connectivity index (χ0n) is 17.1. The van der Waals surface area contributed by atoms with E-state index < -0.39 is 0 Å². The molecule has 2 aliphatic heterocycles. The van der Waals surface area contributed by atoms with Crippen molar-refractivity contribution in [3.63, 3.8) is 0 Å². The quantitative estimate of drug-likeness (QED) is 0.522. The van der Waals surface area contributed by atoms with Gasteiger partial charge in [-0.15, -0.1) is 0 Å². The number of imidazole rings is 1. The number of rotatable bonds is 2. The number of ether oxygens (including phenoxy) is 1. The molecular formula is C22H20N6O2S. The van der Waals surface area contributed by atoms with Crippen LogP contribution in [-0.4, -0.2) is 44.0 Å². The number of benzene rings is 1. The molecule has 6 rings (SSSR count). The molecule has 1 amide bonds. The highest BCUT2D eigenvalue weighted by atomic mass is 32.1. The molecule has 2 aliphatic rings. The van der Waals surface area contributed by atoms with Gasteiger partial charge in [0.1, 0.15) is 17.2 Å². The molecule has 0 spiro atoms. The third-order valence-electron chi connectivity index (χ3n) is 5.54. The second-order valence-electron chi connectivity index (χ2n) is 8.42.